The molecule has 0 bridgehead atoms. The first-order valence-corrected chi connectivity index (χ1v) is 11.0. The maximum atomic E-state index is 6.27. The van der Waals surface area contributed by atoms with E-state index in [9.17, 15) is 0 Å². The first kappa shape index (κ1) is 19.0. The van der Waals surface area contributed by atoms with Crippen LogP contribution >= 0.6 is 0 Å². The molecule has 6 rings (SSSR count). The molecule has 1 fully saturated rings. The second kappa shape index (κ2) is 7.44. The van der Waals surface area contributed by atoms with E-state index < -0.39 is 0 Å². The largest absolute Gasteiger partial charge is 0.386 e. The van der Waals surface area contributed by atoms with E-state index in [-0.39, 0.29) is 12.1 Å². The number of rotatable bonds is 4. The van der Waals surface area contributed by atoms with Crippen LogP contribution in [0.25, 0.3) is 10.8 Å². The second-order valence-corrected chi connectivity index (χ2v) is 8.58. The molecule has 5 heterocycles. The molecule has 2 aromatic heterocycles. The molecule has 0 spiro atoms. The highest BCUT2D eigenvalue weighted by atomic mass is 15.5. The molecule has 1 aromatic carbocycles. The van der Waals surface area contributed by atoms with Crippen molar-refractivity contribution < 1.29 is 0 Å². The highest BCUT2D eigenvalue weighted by Crippen LogP contribution is 2.33. The van der Waals surface area contributed by atoms with E-state index >= 15 is 0 Å². The second-order valence-electron chi connectivity index (χ2n) is 8.58. The number of amidine groups is 1. The number of anilines is 1. The van der Waals surface area contributed by atoms with Gasteiger partial charge >= 0.3 is 0 Å². The summed E-state index contributed by atoms with van der Waals surface area (Å²) in [5, 5.41) is 16.3. The summed E-state index contributed by atoms with van der Waals surface area (Å²) >= 11 is 0. The van der Waals surface area contributed by atoms with Gasteiger partial charge in [-0.25, -0.2) is 15.0 Å². The van der Waals surface area contributed by atoms with E-state index in [0.29, 0.717) is 12.4 Å². The van der Waals surface area contributed by atoms with Crippen LogP contribution in [0.4, 0.5) is 5.82 Å². The predicted octanol–water partition coefficient (Wildman–Crippen LogP) is 2.43. The van der Waals surface area contributed by atoms with Gasteiger partial charge in [0.25, 0.3) is 0 Å². The van der Waals surface area contributed by atoms with Gasteiger partial charge < -0.3 is 10.6 Å². The summed E-state index contributed by atoms with van der Waals surface area (Å²) in [5.74, 6) is 1.40. The number of nitrogens with zero attached hydrogens (tertiary/aromatic N) is 7. The number of nitrogens with one attached hydrogen (secondary N) is 1. The predicted molar refractivity (Wildman–Crippen MR) is 126 cm³/mol. The fourth-order valence-corrected chi connectivity index (χ4v) is 4.96. The first-order chi connectivity index (χ1) is 15.7. The zero-order valence-corrected chi connectivity index (χ0v) is 17.9. The molecular weight excluding hydrogens is 402 g/mol. The lowest BCUT2D eigenvalue weighted by Crippen LogP contribution is -2.42. The van der Waals surface area contributed by atoms with E-state index in [2.05, 4.69) is 56.3 Å². The van der Waals surface area contributed by atoms with Gasteiger partial charge in [0, 0.05) is 30.2 Å². The lowest BCUT2D eigenvalue weighted by Gasteiger charge is -2.26. The van der Waals surface area contributed by atoms with Crippen LogP contribution in [0.2, 0.25) is 0 Å². The molecule has 0 saturated carbocycles. The van der Waals surface area contributed by atoms with Crippen LogP contribution in [-0.4, -0.2) is 57.3 Å². The van der Waals surface area contributed by atoms with Crippen LogP contribution in [0, 0.1) is 12.8 Å². The molecule has 9 heteroatoms. The van der Waals surface area contributed by atoms with E-state index in [1.54, 1.807) is 6.20 Å². The van der Waals surface area contributed by atoms with E-state index in [4.69, 9.17) is 15.8 Å². The Labute approximate surface area is 185 Å². The monoisotopic (exact) mass is 427 g/mol. The van der Waals surface area contributed by atoms with Gasteiger partial charge in [0.05, 0.1) is 24.1 Å². The minimum Gasteiger partial charge on any atom is -0.386 e. The maximum absolute atomic E-state index is 6.27. The number of aromatic nitrogens is 3. The SMILES string of the molecule is Cc1cccc2cc(CN3N=C(c4cn[nH]c4)C4C(N)=NC=NC43)nc(N3CCCC3)c12. The molecule has 162 valence electrons. The molecule has 9 nitrogen and oxygen atoms in total. The number of pyridine rings is 1. The van der Waals surface area contributed by atoms with Gasteiger partial charge in [-0.05, 0) is 36.8 Å². The van der Waals surface area contributed by atoms with Crippen molar-refractivity contribution in [1.82, 2.24) is 20.2 Å². The van der Waals surface area contributed by atoms with Crippen LogP contribution in [-0.2, 0) is 6.54 Å². The van der Waals surface area contributed by atoms with E-state index in [1.165, 1.54) is 35.5 Å². The molecule has 1 saturated heterocycles. The summed E-state index contributed by atoms with van der Waals surface area (Å²) in [6.07, 6.45) is 7.30. The Balaban J connectivity index is 1.41. The van der Waals surface area contributed by atoms with Crippen molar-refractivity contribution in [3.8, 4) is 0 Å². The van der Waals surface area contributed by atoms with Gasteiger partial charge in [-0.15, -0.1) is 0 Å². The average molecular weight is 428 g/mol. The molecule has 3 aromatic rings. The Bertz CT molecular complexity index is 1250. The van der Waals surface area contributed by atoms with Gasteiger partial charge in [-0.1, -0.05) is 18.2 Å². The molecule has 3 aliphatic heterocycles. The molecule has 0 amide bonds. The topological polar surface area (TPSA) is 111 Å². The summed E-state index contributed by atoms with van der Waals surface area (Å²) in [7, 11) is 0. The smallest absolute Gasteiger partial charge is 0.154 e. The van der Waals surface area contributed by atoms with Gasteiger partial charge in [0.1, 0.15) is 23.9 Å². The number of aliphatic imine (C=N–C) groups is 2. The molecular formula is C23H25N9. The van der Waals surface area contributed by atoms with Crippen molar-refractivity contribution in [2.75, 3.05) is 18.0 Å². The Morgan fingerprint density at radius 2 is 2.09 bits per heavy atom. The summed E-state index contributed by atoms with van der Waals surface area (Å²) in [6.45, 7) is 4.80. The van der Waals surface area contributed by atoms with Crippen LogP contribution in [0.5, 0.6) is 0 Å². The normalized spacial score (nSPS) is 22.4. The van der Waals surface area contributed by atoms with Gasteiger partial charge in [0.15, 0.2) is 6.17 Å². The molecule has 3 N–H and O–H groups in total. The minimum atomic E-state index is -0.234. The van der Waals surface area contributed by atoms with Crippen molar-refractivity contribution in [3.05, 3.63) is 53.5 Å². The summed E-state index contributed by atoms with van der Waals surface area (Å²) in [6, 6.07) is 8.61. The quantitative estimate of drug-likeness (QED) is 0.664. The lowest BCUT2D eigenvalue weighted by molar-refractivity contribution is 0.212. The Kier molecular flexibility index (Phi) is 4.41. The van der Waals surface area contributed by atoms with E-state index in [0.717, 1.165) is 35.9 Å². The molecule has 2 atom stereocenters. The molecule has 0 aliphatic carbocycles. The lowest BCUT2D eigenvalue weighted by atomic mass is 9.95. The number of aromatic amines is 1. The van der Waals surface area contributed by atoms with Crippen LogP contribution in [0.3, 0.4) is 0 Å². The first-order valence-electron chi connectivity index (χ1n) is 11.0. The summed E-state index contributed by atoms with van der Waals surface area (Å²) in [4.78, 5) is 16.4. The molecule has 3 aliphatic rings. The fraction of sp³-hybridized carbons (Fsp3) is 0.348. The molecule has 0 radical (unpaired) electrons. The van der Waals surface area contributed by atoms with Crippen molar-refractivity contribution in [1.29, 1.82) is 0 Å². The Hall–Kier alpha value is -3.75. The van der Waals surface area contributed by atoms with Crippen LogP contribution in [0.1, 0.15) is 29.7 Å². The van der Waals surface area contributed by atoms with Crippen molar-refractivity contribution in [2.45, 2.75) is 32.5 Å². The number of fused-ring (bicyclic) bond motifs is 2. The van der Waals surface area contributed by atoms with Crippen molar-refractivity contribution in [3.63, 3.8) is 0 Å². The highest BCUT2D eigenvalue weighted by molar-refractivity contribution is 6.17. The molecule has 32 heavy (non-hydrogen) atoms. The third kappa shape index (κ3) is 3.04. The van der Waals surface area contributed by atoms with Gasteiger partial charge in [-0.2, -0.15) is 10.2 Å². The number of hydrogen-bond acceptors (Lipinski definition) is 8. The van der Waals surface area contributed by atoms with Gasteiger partial charge in [-0.3, -0.25) is 10.1 Å². The number of hydrazone groups is 1. The minimum absolute atomic E-state index is 0.196. The Morgan fingerprint density at radius 3 is 2.91 bits per heavy atom. The third-order valence-electron chi connectivity index (χ3n) is 6.50. The number of H-pyrrole nitrogens is 1. The third-order valence-corrected chi connectivity index (χ3v) is 6.50. The average Bonchev–Trinajstić information content (AvgIpc) is 3.55. The van der Waals surface area contributed by atoms with E-state index in [1.807, 2.05) is 11.2 Å². The van der Waals surface area contributed by atoms with Crippen LogP contribution in [0.15, 0.2) is 51.7 Å². The zero-order valence-electron chi connectivity index (χ0n) is 17.9. The maximum Gasteiger partial charge on any atom is 0.154 e. The standard InChI is InChI=1S/C23H25N9/c1-14-5-4-6-15-9-17(29-23(18(14)15)31-7-2-3-8-31)12-32-22-19(21(24)25-13-26-22)20(30-32)16-10-27-28-11-16/h4-6,9-11,13,19,22H,2-3,7-8,12H2,1H3,(H,27,28)(H2,24,25,26). The summed E-state index contributed by atoms with van der Waals surface area (Å²) < 4.78 is 0. The number of benzene rings is 1. The number of hydrogen-bond donors (Lipinski definition) is 2. The Morgan fingerprint density at radius 1 is 1.22 bits per heavy atom. The van der Waals surface area contributed by atoms with Gasteiger partial charge in [0.2, 0.25) is 0 Å². The van der Waals surface area contributed by atoms with Crippen molar-refractivity contribution >= 4 is 34.5 Å². The van der Waals surface area contributed by atoms with Crippen LogP contribution < -0.4 is 10.6 Å². The number of aryl methyl sites for hydroxylation is 1. The summed E-state index contributed by atoms with van der Waals surface area (Å²) in [5.41, 5.74) is 10.2. The highest BCUT2D eigenvalue weighted by Gasteiger charge is 2.42. The number of nitrogens with two attached hydrogens (primary N) is 1. The van der Waals surface area contributed by atoms with Crippen molar-refractivity contribution in [2.24, 2.45) is 26.7 Å². The zero-order chi connectivity index (χ0) is 21.7. The molecule has 2 unspecified atom stereocenters. The fourth-order valence-electron chi connectivity index (χ4n) is 4.96.